The lowest BCUT2D eigenvalue weighted by Gasteiger charge is -2.30. The van der Waals surface area contributed by atoms with Gasteiger partial charge in [-0.05, 0) is 31.1 Å². The molecule has 0 aliphatic heterocycles. The third-order valence-electron chi connectivity index (χ3n) is 3.74. The highest BCUT2D eigenvalue weighted by Gasteiger charge is 2.25. The Kier molecular flexibility index (Phi) is 6.12. The first-order valence-corrected chi connectivity index (χ1v) is 7.20. The lowest BCUT2D eigenvalue weighted by molar-refractivity contribution is -0.139. The summed E-state index contributed by atoms with van der Waals surface area (Å²) in [4.78, 5) is 23.0. The van der Waals surface area contributed by atoms with E-state index < -0.39 is 12.0 Å². The average Bonchev–Trinajstić information content (AvgIpc) is 2.30. The van der Waals surface area contributed by atoms with Gasteiger partial charge in [0.15, 0.2) is 0 Å². The smallest absolute Gasteiger partial charge is 0.326 e. The van der Waals surface area contributed by atoms with E-state index in [9.17, 15) is 9.59 Å². The van der Waals surface area contributed by atoms with Gasteiger partial charge in [0.05, 0.1) is 0 Å². The lowest BCUT2D eigenvalue weighted by Crippen LogP contribution is -2.51. The van der Waals surface area contributed by atoms with E-state index in [-0.39, 0.29) is 18.0 Å². The van der Waals surface area contributed by atoms with Crippen LogP contribution in [0.4, 0.5) is 4.79 Å². The Morgan fingerprint density at radius 2 is 1.89 bits per heavy atom. The number of amides is 2. The number of nitrogens with one attached hydrogen (secondary N) is 2. The molecular formula is C14H26N2O3. The number of hydrogen-bond acceptors (Lipinski definition) is 2. The van der Waals surface area contributed by atoms with Crippen molar-refractivity contribution in [3.63, 3.8) is 0 Å². The van der Waals surface area contributed by atoms with Gasteiger partial charge in [-0.15, -0.1) is 0 Å². The highest BCUT2D eigenvalue weighted by molar-refractivity contribution is 5.82. The van der Waals surface area contributed by atoms with E-state index in [0.29, 0.717) is 12.3 Å². The number of urea groups is 1. The van der Waals surface area contributed by atoms with Crippen LogP contribution in [0.15, 0.2) is 0 Å². The Hall–Kier alpha value is -1.26. The van der Waals surface area contributed by atoms with Gasteiger partial charge < -0.3 is 15.7 Å². The van der Waals surface area contributed by atoms with Crippen LogP contribution in [0.2, 0.25) is 0 Å². The van der Waals surface area contributed by atoms with Crippen LogP contribution in [-0.2, 0) is 4.79 Å². The van der Waals surface area contributed by atoms with Gasteiger partial charge >= 0.3 is 12.0 Å². The van der Waals surface area contributed by atoms with Gasteiger partial charge in [0.1, 0.15) is 6.04 Å². The predicted molar refractivity (Wildman–Crippen MR) is 74.0 cm³/mol. The van der Waals surface area contributed by atoms with Crippen molar-refractivity contribution in [2.24, 2.45) is 11.8 Å². The van der Waals surface area contributed by atoms with Gasteiger partial charge in [-0.3, -0.25) is 0 Å². The second-order valence-electron chi connectivity index (χ2n) is 6.01. The van der Waals surface area contributed by atoms with Crippen molar-refractivity contribution in [1.82, 2.24) is 10.6 Å². The molecule has 5 heteroatoms. The SMILES string of the molecule is CC(C)C[C@H](NC(=O)NC1CCCCC1C)C(=O)O. The van der Waals surface area contributed by atoms with Crippen molar-refractivity contribution in [2.75, 3.05) is 0 Å². The third-order valence-corrected chi connectivity index (χ3v) is 3.74. The van der Waals surface area contributed by atoms with E-state index >= 15 is 0 Å². The van der Waals surface area contributed by atoms with Crippen LogP contribution in [-0.4, -0.2) is 29.2 Å². The summed E-state index contributed by atoms with van der Waals surface area (Å²) in [5.41, 5.74) is 0. The Morgan fingerprint density at radius 3 is 2.42 bits per heavy atom. The molecule has 3 N–H and O–H groups in total. The van der Waals surface area contributed by atoms with E-state index in [1.807, 2.05) is 13.8 Å². The maximum atomic E-state index is 11.9. The fourth-order valence-corrected chi connectivity index (χ4v) is 2.59. The molecule has 2 amide bonds. The van der Waals surface area contributed by atoms with Crippen molar-refractivity contribution in [3.05, 3.63) is 0 Å². The molecule has 0 saturated heterocycles. The van der Waals surface area contributed by atoms with Crippen molar-refractivity contribution in [1.29, 1.82) is 0 Å². The summed E-state index contributed by atoms with van der Waals surface area (Å²) in [6, 6.07) is -0.993. The molecular weight excluding hydrogens is 244 g/mol. The number of hydrogen-bond donors (Lipinski definition) is 3. The third kappa shape index (κ3) is 5.49. The summed E-state index contributed by atoms with van der Waals surface area (Å²) in [5, 5.41) is 14.6. The zero-order chi connectivity index (χ0) is 14.4. The van der Waals surface area contributed by atoms with Gasteiger partial charge in [-0.1, -0.05) is 33.6 Å². The minimum atomic E-state index is -0.972. The molecule has 3 atom stereocenters. The molecule has 2 unspecified atom stereocenters. The Morgan fingerprint density at radius 1 is 1.26 bits per heavy atom. The zero-order valence-electron chi connectivity index (χ0n) is 12.1. The molecule has 0 aromatic carbocycles. The quantitative estimate of drug-likeness (QED) is 0.717. The predicted octanol–water partition coefficient (Wildman–Crippen LogP) is 2.36. The van der Waals surface area contributed by atoms with Crippen molar-refractivity contribution in [2.45, 2.75) is 65.0 Å². The van der Waals surface area contributed by atoms with Crippen LogP contribution in [0, 0.1) is 11.8 Å². The summed E-state index contributed by atoms with van der Waals surface area (Å²) in [5.74, 6) is -0.275. The molecule has 5 nitrogen and oxygen atoms in total. The molecule has 0 radical (unpaired) electrons. The number of rotatable bonds is 5. The van der Waals surface area contributed by atoms with E-state index in [2.05, 4.69) is 17.6 Å². The van der Waals surface area contributed by atoms with Gasteiger partial charge in [-0.2, -0.15) is 0 Å². The van der Waals surface area contributed by atoms with Crippen molar-refractivity contribution >= 4 is 12.0 Å². The minimum Gasteiger partial charge on any atom is -0.480 e. The lowest BCUT2D eigenvalue weighted by atomic mass is 9.86. The summed E-state index contributed by atoms with van der Waals surface area (Å²) in [6.07, 6.45) is 4.90. The molecule has 0 aromatic rings. The van der Waals surface area contributed by atoms with E-state index in [1.165, 1.54) is 6.42 Å². The maximum Gasteiger partial charge on any atom is 0.326 e. The van der Waals surface area contributed by atoms with E-state index in [4.69, 9.17) is 5.11 Å². The van der Waals surface area contributed by atoms with Gasteiger partial charge in [0.2, 0.25) is 0 Å². The monoisotopic (exact) mass is 270 g/mol. The highest BCUT2D eigenvalue weighted by atomic mass is 16.4. The van der Waals surface area contributed by atoms with E-state index in [1.54, 1.807) is 0 Å². The van der Waals surface area contributed by atoms with Crippen LogP contribution >= 0.6 is 0 Å². The normalized spacial score (nSPS) is 24.8. The number of carbonyl (C=O) groups excluding carboxylic acids is 1. The second-order valence-corrected chi connectivity index (χ2v) is 6.01. The van der Waals surface area contributed by atoms with Crippen molar-refractivity contribution < 1.29 is 14.7 Å². The molecule has 0 heterocycles. The van der Waals surface area contributed by atoms with Crippen LogP contribution in [0.1, 0.15) is 52.9 Å². The molecule has 1 rings (SSSR count). The number of carboxylic acids is 1. The first kappa shape index (κ1) is 15.8. The zero-order valence-corrected chi connectivity index (χ0v) is 12.1. The summed E-state index contributed by atoms with van der Waals surface area (Å²) in [7, 11) is 0. The van der Waals surface area contributed by atoms with Gasteiger partial charge in [0, 0.05) is 6.04 Å². The van der Waals surface area contributed by atoms with Crippen LogP contribution < -0.4 is 10.6 Å². The molecule has 110 valence electrons. The average molecular weight is 270 g/mol. The van der Waals surface area contributed by atoms with Gasteiger partial charge in [0.25, 0.3) is 0 Å². The molecule has 1 saturated carbocycles. The molecule has 1 aliphatic carbocycles. The number of aliphatic carboxylic acids is 1. The Bertz CT molecular complexity index is 318. The topological polar surface area (TPSA) is 78.4 Å². The Labute approximate surface area is 115 Å². The second kappa shape index (κ2) is 7.36. The van der Waals surface area contributed by atoms with Gasteiger partial charge in [-0.25, -0.2) is 9.59 Å². The maximum absolute atomic E-state index is 11.9. The number of carboxylic acid groups (broad SMARTS) is 1. The summed E-state index contributed by atoms with van der Waals surface area (Å²) in [6.45, 7) is 6.02. The first-order chi connectivity index (χ1) is 8.90. The van der Waals surface area contributed by atoms with Crippen LogP contribution in [0.25, 0.3) is 0 Å². The fraction of sp³-hybridized carbons (Fsp3) is 0.857. The molecule has 0 bridgehead atoms. The molecule has 19 heavy (non-hydrogen) atoms. The first-order valence-electron chi connectivity index (χ1n) is 7.20. The molecule has 1 fully saturated rings. The standard InChI is InChI=1S/C14H26N2O3/c1-9(2)8-12(13(17)18)16-14(19)15-11-7-5-4-6-10(11)3/h9-12H,4-8H2,1-3H3,(H,17,18)(H2,15,16,19)/t10?,11?,12-/m0/s1. The summed E-state index contributed by atoms with van der Waals surface area (Å²) < 4.78 is 0. The molecule has 0 spiro atoms. The van der Waals surface area contributed by atoms with E-state index in [0.717, 1.165) is 19.3 Å². The fourth-order valence-electron chi connectivity index (χ4n) is 2.59. The highest BCUT2D eigenvalue weighted by Crippen LogP contribution is 2.23. The van der Waals surface area contributed by atoms with Crippen molar-refractivity contribution in [3.8, 4) is 0 Å². The molecule has 1 aliphatic rings. The number of carbonyl (C=O) groups is 2. The minimum absolute atomic E-state index is 0.169. The Balaban J connectivity index is 2.45. The largest absolute Gasteiger partial charge is 0.480 e. The van der Waals surface area contributed by atoms with Crippen LogP contribution in [0.5, 0.6) is 0 Å². The summed E-state index contributed by atoms with van der Waals surface area (Å²) >= 11 is 0. The molecule has 0 aromatic heterocycles. The van der Waals surface area contributed by atoms with Crippen LogP contribution in [0.3, 0.4) is 0 Å².